The predicted octanol–water partition coefficient (Wildman–Crippen LogP) is 3.05. The maximum Gasteiger partial charge on any atom is 0.247 e. The van der Waals surface area contributed by atoms with Crippen LogP contribution in [0, 0.1) is 11.6 Å². The van der Waals surface area contributed by atoms with Crippen LogP contribution in [-0.2, 0) is 6.42 Å². The summed E-state index contributed by atoms with van der Waals surface area (Å²) >= 11 is 0. The molecule has 9 heteroatoms. The van der Waals surface area contributed by atoms with Crippen LogP contribution in [0.15, 0.2) is 51.7 Å². The van der Waals surface area contributed by atoms with E-state index >= 15 is 0 Å². The van der Waals surface area contributed by atoms with E-state index in [9.17, 15) is 8.78 Å². The van der Waals surface area contributed by atoms with E-state index < -0.39 is 11.6 Å². The molecule has 0 saturated heterocycles. The van der Waals surface area contributed by atoms with Gasteiger partial charge in [0.05, 0.1) is 0 Å². The molecule has 0 bridgehead atoms. The molecule has 3 heterocycles. The van der Waals surface area contributed by atoms with Crippen LogP contribution in [0.5, 0.6) is 0 Å². The highest BCUT2D eigenvalue weighted by Crippen LogP contribution is 2.21. The van der Waals surface area contributed by atoms with E-state index in [1.54, 1.807) is 24.5 Å². The molecule has 0 aliphatic rings. The lowest BCUT2D eigenvalue weighted by Crippen LogP contribution is -1.89. The van der Waals surface area contributed by atoms with Crippen LogP contribution >= 0.6 is 0 Å². The van der Waals surface area contributed by atoms with Crippen molar-refractivity contribution in [3.05, 3.63) is 66.1 Å². The minimum atomic E-state index is -0.729. The van der Waals surface area contributed by atoms with Gasteiger partial charge in [0, 0.05) is 29.6 Å². The zero-order valence-corrected chi connectivity index (χ0v) is 12.6. The SMILES string of the molecule is Fc1cc(F)cc(-c2nnc(Cc3nc(-c4cccnc4)no3)o2)c1. The smallest absolute Gasteiger partial charge is 0.247 e. The zero-order valence-electron chi connectivity index (χ0n) is 12.6. The summed E-state index contributed by atoms with van der Waals surface area (Å²) in [7, 11) is 0. The van der Waals surface area contributed by atoms with E-state index in [1.807, 2.05) is 0 Å². The number of pyridine rings is 1. The molecule has 124 valence electrons. The first-order valence-corrected chi connectivity index (χ1v) is 7.19. The molecule has 0 N–H and O–H groups in total. The van der Waals surface area contributed by atoms with Gasteiger partial charge in [-0.05, 0) is 24.3 Å². The van der Waals surface area contributed by atoms with Crippen LogP contribution in [0.3, 0.4) is 0 Å². The molecule has 0 saturated carbocycles. The first-order chi connectivity index (χ1) is 12.2. The Bertz CT molecular complexity index is 996. The molecular formula is C16H9F2N5O2. The monoisotopic (exact) mass is 341 g/mol. The molecule has 4 rings (SSSR count). The van der Waals surface area contributed by atoms with Crippen LogP contribution < -0.4 is 0 Å². The number of rotatable bonds is 4. The molecule has 0 amide bonds. The van der Waals surface area contributed by atoms with Crippen LogP contribution in [0.2, 0.25) is 0 Å². The van der Waals surface area contributed by atoms with Crippen molar-refractivity contribution in [2.45, 2.75) is 6.42 Å². The lowest BCUT2D eigenvalue weighted by atomic mass is 10.2. The highest BCUT2D eigenvalue weighted by molar-refractivity contribution is 5.53. The Kier molecular flexibility index (Phi) is 3.73. The summed E-state index contributed by atoms with van der Waals surface area (Å²) in [5.74, 6) is -0.628. The number of halogens is 2. The fraction of sp³-hybridized carbons (Fsp3) is 0.0625. The zero-order chi connectivity index (χ0) is 17.2. The molecule has 25 heavy (non-hydrogen) atoms. The van der Waals surface area contributed by atoms with Gasteiger partial charge in [0.15, 0.2) is 0 Å². The summed E-state index contributed by atoms with van der Waals surface area (Å²) in [6.07, 6.45) is 3.34. The fourth-order valence-electron chi connectivity index (χ4n) is 2.19. The Labute approximate surface area is 139 Å². The predicted molar refractivity (Wildman–Crippen MR) is 80.0 cm³/mol. The molecule has 7 nitrogen and oxygen atoms in total. The van der Waals surface area contributed by atoms with Crippen molar-refractivity contribution in [3.63, 3.8) is 0 Å². The molecule has 0 atom stereocenters. The van der Waals surface area contributed by atoms with Gasteiger partial charge >= 0.3 is 0 Å². The highest BCUT2D eigenvalue weighted by atomic mass is 19.1. The van der Waals surface area contributed by atoms with E-state index in [2.05, 4.69) is 25.3 Å². The van der Waals surface area contributed by atoms with Crippen molar-refractivity contribution in [2.75, 3.05) is 0 Å². The van der Waals surface area contributed by atoms with E-state index in [0.29, 0.717) is 11.4 Å². The van der Waals surface area contributed by atoms with Crippen LogP contribution in [0.4, 0.5) is 8.78 Å². The minimum Gasteiger partial charge on any atom is -0.420 e. The molecule has 0 spiro atoms. The van der Waals surface area contributed by atoms with Crippen molar-refractivity contribution in [2.24, 2.45) is 0 Å². The largest absolute Gasteiger partial charge is 0.420 e. The van der Waals surface area contributed by atoms with Gasteiger partial charge in [-0.2, -0.15) is 4.98 Å². The quantitative estimate of drug-likeness (QED) is 0.563. The Morgan fingerprint density at radius 2 is 1.80 bits per heavy atom. The highest BCUT2D eigenvalue weighted by Gasteiger charge is 2.15. The maximum absolute atomic E-state index is 13.3. The second kappa shape index (κ2) is 6.19. The van der Waals surface area contributed by atoms with Gasteiger partial charge in [0.1, 0.15) is 18.1 Å². The Hall–Kier alpha value is -3.49. The van der Waals surface area contributed by atoms with Crippen LogP contribution in [0.1, 0.15) is 11.8 Å². The van der Waals surface area contributed by atoms with Gasteiger partial charge in [-0.3, -0.25) is 4.98 Å². The van der Waals surface area contributed by atoms with E-state index in [-0.39, 0.29) is 29.7 Å². The first kappa shape index (κ1) is 15.1. The summed E-state index contributed by atoms with van der Waals surface area (Å²) in [4.78, 5) is 8.20. The molecule has 0 fully saturated rings. The number of hydrogen-bond donors (Lipinski definition) is 0. The molecule has 0 aliphatic carbocycles. The number of aromatic nitrogens is 5. The fourth-order valence-corrected chi connectivity index (χ4v) is 2.19. The standard InChI is InChI=1S/C16H9F2N5O2/c17-11-4-10(5-12(18)6-11)16-22-21-14(24-16)7-13-20-15(23-25-13)9-2-1-3-19-8-9/h1-6,8H,7H2. The van der Waals surface area contributed by atoms with Crippen LogP contribution in [-0.4, -0.2) is 25.3 Å². The van der Waals surface area contributed by atoms with E-state index in [4.69, 9.17) is 8.94 Å². The molecule has 3 aromatic heterocycles. The summed E-state index contributed by atoms with van der Waals surface area (Å²) in [5.41, 5.74) is 0.858. The van der Waals surface area contributed by atoms with Crippen molar-refractivity contribution < 1.29 is 17.7 Å². The molecule has 4 aromatic rings. The second-order valence-electron chi connectivity index (χ2n) is 5.09. The third-order valence-corrected chi connectivity index (χ3v) is 3.27. The third-order valence-electron chi connectivity index (χ3n) is 3.27. The van der Waals surface area contributed by atoms with Gasteiger partial charge < -0.3 is 8.94 Å². The number of hydrogen-bond acceptors (Lipinski definition) is 7. The van der Waals surface area contributed by atoms with Crippen molar-refractivity contribution in [1.29, 1.82) is 0 Å². The van der Waals surface area contributed by atoms with E-state index in [1.165, 1.54) is 0 Å². The van der Waals surface area contributed by atoms with Gasteiger partial charge in [-0.25, -0.2) is 8.78 Å². The van der Waals surface area contributed by atoms with Crippen molar-refractivity contribution >= 4 is 0 Å². The Morgan fingerprint density at radius 1 is 0.960 bits per heavy atom. The average molecular weight is 341 g/mol. The first-order valence-electron chi connectivity index (χ1n) is 7.19. The summed E-state index contributed by atoms with van der Waals surface area (Å²) in [5, 5.41) is 11.5. The summed E-state index contributed by atoms with van der Waals surface area (Å²) < 4.78 is 37.1. The van der Waals surface area contributed by atoms with Gasteiger partial charge in [0.2, 0.25) is 23.5 Å². The summed E-state index contributed by atoms with van der Waals surface area (Å²) in [6.45, 7) is 0. The molecule has 0 unspecified atom stereocenters. The topological polar surface area (TPSA) is 90.7 Å². The molecule has 0 aliphatic heterocycles. The molecular weight excluding hydrogens is 332 g/mol. The average Bonchev–Trinajstić information content (AvgIpc) is 3.25. The second-order valence-corrected chi connectivity index (χ2v) is 5.09. The lowest BCUT2D eigenvalue weighted by Gasteiger charge is -1.95. The van der Waals surface area contributed by atoms with Crippen molar-refractivity contribution in [1.82, 2.24) is 25.3 Å². The van der Waals surface area contributed by atoms with Crippen molar-refractivity contribution in [3.8, 4) is 22.8 Å². The normalized spacial score (nSPS) is 11.0. The van der Waals surface area contributed by atoms with E-state index in [0.717, 1.165) is 18.2 Å². The maximum atomic E-state index is 13.3. The van der Waals surface area contributed by atoms with Gasteiger partial charge in [-0.15, -0.1) is 10.2 Å². The molecule has 1 aromatic carbocycles. The minimum absolute atomic E-state index is 0.000369. The van der Waals surface area contributed by atoms with Gasteiger partial charge in [0.25, 0.3) is 0 Å². The van der Waals surface area contributed by atoms with Crippen LogP contribution in [0.25, 0.3) is 22.8 Å². The van der Waals surface area contributed by atoms with Gasteiger partial charge in [-0.1, -0.05) is 5.16 Å². The lowest BCUT2D eigenvalue weighted by molar-refractivity contribution is 0.374. The number of nitrogens with zero attached hydrogens (tertiary/aromatic N) is 5. The Balaban J connectivity index is 1.55. The Morgan fingerprint density at radius 3 is 2.56 bits per heavy atom. The third kappa shape index (κ3) is 3.25. The molecule has 0 radical (unpaired) electrons. The summed E-state index contributed by atoms with van der Waals surface area (Å²) in [6, 6.07) is 6.53. The number of benzene rings is 1.